The van der Waals surface area contributed by atoms with Crippen molar-refractivity contribution in [3.63, 3.8) is 0 Å². The first-order valence-electron chi connectivity index (χ1n) is 6.51. The van der Waals surface area contributed by atoms with Crippen molar-refractivity contribution < 1.29 is 10.2 Å². The summed E-state index contributed by atoms with van der Waals surface area (Å²) in [6.07, 6.45) is 5.00. The second kappa shape index (κ2) is 3.46. The third-order valence-electron chi connectivity index (χ3n) is 5.63. The van der Waals surface area contributed by atoms with E-state index in [1.54, 1.807) is 0 Å². The Morgan fingerprint density at radius 2 is 1.60 bits per heavy atom. The van der Waals surface area contributed by atoms with Gasteiger partial charge in [0.05, 0.1) is 6.10 Å². The van der Waals surface area contributed by atoms with Crippen molar-refractivity contribution in [3.8, 4) is 0 Å². The molecule has 86 valence electrons. The first-order chi connectivity index (χ1) is 7.22. The zero-order valence-electron chi connectivity index (χ0n) is 9.47. The molecule has 0 saturated heterocycles. The van der Waals surface area contributed by atoms with Gasteiger partial charge in [-0.1, -0.05) is 0 Å². The third-order valence-corrected chi connectivity index (χ3v) is 5.63. The van der Waals surface area contributed by atoms with Crippen LogP contribution in [-0.2, 0) is 0 Å². The average molecular weight is 210 g/mol. The van der Waals surface area contributed by atoms with Gasteiger partial charge < -0.3 is 10.2 Å². The van der Waals surface area contributed by atoms with Crippen LogP contribution in [-0.4, -0.2) is 22.9 Å². The zero-order chi connectivity index (χ0) is 10.6. The van der Waals surface area contributed by atoms with Crippen LogP contribution in [0.3, 0.4) is 0 Å². The largest absolute Gasteiger partial charge is 0.396 e. The number of aliphatic hydroxyl groups excluding tert-OH is 2. The van der Waals surface area contributed by atoms with Crippen LogP contribution in [0.2, 0.25) is 0 Å². The van der Waals surface area contributed by atoms with Gasteiger partial charge in [-0.05, 0) is 68.1 Å². The van der Waals surface area contributed by atoms with Gasteiger partial charge in [0.1, 0.15) is 0 Å². The van der Waals surface area contributed by atoms with E-state index in [1.165, 1.54) is 25.7 Å². The number of hydrogen-bond acceptors (Lipinski definition) is 2. The van der Waals surface area contributed by atoms with Crippen molar-refractivity contribution in [2.75, 3.05) is 6.61 Å². The lowest BCUT2D eigenvalue weighted by Gasteiger charge is -2.23. The van der Waals surface area contributed by atoms with E-state index in [0.717, 1.165) is 23.7 Å². The average Bonchev–Trinajstić information content (AvgIpc) is 2.86. The van der Waals surface area contributed by atoms with Gasteiger partial charge >= 0.3 is 0 Å². The van der Waals surface area contributed by atoms with Gasteiger partial charge in [0.25, 0.3) is 0 Å². The van der Waals surface area contributed by atoms with E-state index in [4.69, 9.17) is 0 Å². The molecule has 2 bridgehead atoms. The highest BCUT2D eigenvalue weighted by atomic mass is 16.3. The van der Waals surface area contributed by atoms with Gasteiger partial charge in [0.2, 0.25) is 0 Å². The normalized spacial score (nSPS) is 54.6. The van der Waals surface area contributed by atoms with Crippen LogP contribution in [0.25, 0.3) is 0 Å². The van der Waals surface area contributed by atoms with E-state index in [-0.39, 0.29) is 6.10 Å². The molecule has 0 spiro atoms. The van der Waals surface area contributed by atoms with Crippen LogP contribution in [0.5, 0.6) is 0 Å². The smallest absolute Gasteiger partial charge is 0.0540 e. The summed E-state index contributed by atoms with van der Waals surface area (Å²) in [5.41, 5.74) is 0. The first kappa shape index (κ1) is 10.1. The molecule has 15 heavy (non-hydrogen) atoms. The molecule has 3 saturated carbocycles. The molecule has 3 aliphatic carbocycles. The summed E-state index contributed by atoms with van der Waals surface area (Å²) in [5, 5.41) is 19.1. The molecule has 0 aromatic rings. The van der Waals surface area contributed by atoms with Crippen molar-refractivity contribution in [2.45, 2.75) is 38.7 Å². The Morgan fingerprint density at radius 1 is 1.07 bits per heavy atom. The van der Waals surface area contributed by atoms with E-state index in [9.17, 15) is 10.2 Å². The standard InChI is InChI=1S/C13H22O2/c1-7(15)8-4-11-9-2-3-10(12(11)5-8)13(9)6-14/h7-15H,2-6H2,1H3. The Labute approximate surface area is 91.7 Å². The summed E-state index contributed by atoms with van der Waals surface area (Å²) < 4.78 is 0. The molecule has 0 aliphatic heterocycles. The fourth-order valence-corrected chi connectivity index (χ4v) is 4.99. The molecule has 0 aromatic heterocycles. The molecule has 2 heteroatoms. The van der Waals surface area contributed by atoms with E-state index >= 15 is 0 Å². The van der Waals surface area contributed by atoms with Crippen LogP contribution in [0.15, 0.2) is 0 Å². The molecule has 3 fully saturated rings. The Bertz CT molecular complexity index is 231. The highest BCUT2D eigenvalue weighted by Crippen LogP contribution is 2.63. The van der Waals surface area contributed by atoms with E-state index in [1.807, 2.05) is 6.92 Å². The van der Waals surface area contributed by atoms with Crippen LogP contribution in [0.1, 0.15) is 32.6 Å². The second-order valence-corrected chi connectivity index (χ2v) is 6.05. The lowest BCUT2D eigenvalue weighted by Crippen LogP contribution is -2.19. The Morgan fingerprint density at radius 3 is 2.00 bits per heavy atom. The van der Waals surface area contributed by atoms with E-state index in [2.05, 4.69) is 0 Å². The Hall–Kier alpha value is -0.0800. The van der Waals surface area contributed by atoms with E-state index in [0.29, 0.717) is 18.4 Å². The molecule has 0 aromatic carbocycles. The molecule has 0 amide bonds. The molecular weight excluding hydrogens is 188 g/mol. The van der Waals surface area contributed by atoms with Gasteiger partial charge in [-0.3, -0.25) is 0 Å². The maximum absolute atomic E-state index is 9.67. The topological polar surface area (TPSA) is 40.5 Å². The number of aliphatic hydroxyl groups is 2. The summed E-state index contributed by atoms with van der Waals surface area (Å²) in [6, 6.07) is 0. The lowest BCUT2D eigenvalue weighted by molar-refractivity contribution is 0.112. The van der Waals surface area contributed by atoms with Gasteiger partial charge in [-0.25, -0.2) is 0 Å². The van der Waals surface area contributed by atoms with Crippen LogP contribution in [0, 0.1) is 35.5 Å². The van der Waals surface area contributed by atoms with Crippen molar-refractivity contribution in [1.82, 2.24) is 0 Å². The quantitative estimate of drug-likeness (QED) is 0.727. The summed E-state index contributed by atoms with van der Waals surface area (Å²) in [6.45, 7) is 2.35. The van der Waals surface area contributed by atoms with Gasteiger partial charge in [-0.2, -0.15) is 0 Å². The highest BCUT2D eigenvalue weighted by Gasteiger charge is 2.57. The molecule has 3 rings (SSSR count). The minimum absolute atomic E-state index is 0.123. The number of fused-ring (bicyclic) bond motifs is 5. The van der Waals surface area contributed by atoms with Gasteiger partial charge in [-0.15, -0.1) is 0 Å². The monoisotopic (exact) mass is 210 g/mol. The maximum atomic E-state index is 9.67. The van der Waals surface area contributed by atoms with Crippen molar-refractivity contribution in [2.24, 2.45) is 35.5 Å². The van der Waals surface area contributed by atoms with Crippen molar-refractivity contribution in [3.05, 3.63) is 0 Å². The van der Waals surface area contributed by atoms with Crippen LogP contribution >= 0.6 is 0 Å². The van der Waals surface area contributed by atoms with Gasteiger partial charge in [0.15, 0.2) is 0 Å². The highest BCUT2D eigenvalue weighted by molar-refractivity contribution is 5.06. The summed E-state index contributed by atoms with van der Waals surface area (Å²) in [5.74, 6) is 4.39. The molecule has 0 heterocycles. The molecule has 3 aliphatic rings. The molecule has 0 radical (unpaired) electrons. The van der Waals surface area contributed by atoms with Gasteiger partial charge in [0, 0.05) is 6.61 Å². The van der Waals surface area contributed by atoms with Crippen LogP contribution < -0.4 is 0 Å². The predicted molar refractivity (Wildman–Crippen MR) is 58.2 cm³/mol. The lowest BCUT2D eigenvalue weighted by atomic mass is 9.82. The minimum atomic E-state index is -0.123. The third kappa shape index (κ3) is 1.31. The summed E-state index contributed by atoms with van der Waals surface area (Å²) >= 11 is 0. The fraction of sp³-hybridized carbons (Fsp3) is 1.00. The van der Waals surface area contributed by atoms with E-state index < -0.39 is 0 Å². The minimum Gasteiger partial charge on any atom is -0.396 e. The molecule has 5 unspecified atom stereocenters. The first-order valence-corrected chi connectivity index (χ1v) is 6.51. The predicted octanol–water partition coefficient (Wildman–Crippen LogP) is 1.66. The maximum Gasteiger partial charge on any atom is 0.0540 e. The molecule has 5 atom stereocenters. The SMILES string of the molecule is CC(O)C1CC2C3CCC(C3CO)C2C1. The summed E-state index contributed by atoms with van der Waals surface area (Å²) in [4.78, 5) is 0. The fourth-order valence-electron chi connectivity index (χ4n) is 4.99. The van der Waals surface area contributed by atoms with Crippen molar-refractivity contribution in [1.29, 1.82) is 0 Å². The molecule has 2 N–H and O–H groups in total. The number of rotatable bonds is 2. The Kier molecular flexibility index (Phi) is 2.33. The Balaban J connectivity index is 1.77. The zero-order valence-corrected chi connectivity index (χ0v) is 9.47. The van der Waals surface area contributed by atoms with Crippen LogP contribution in [0.4, 0.5) is 0 Å². The number of hydrogen-bond donors (Lipinski definition) is 2. The summed E-state index contributed by atoms with van der Waals surface area (Å²) in [7, 11) is 0. The molecule has 2 nitrogen and oxygen atoms in total. The van der Waals surface area contributed by atoms with Crippen molar-refractivity contribution >= 4 is 0 Å². The molecular formula is C13H22O2. The second-order valence-electron chi connectivity index (χ2n) is 6.05.